The molecule has 0 aliphatic rings. The van der Waals surface area contributed by atoms with E-state index in [0.717, 1.165) is 77.0 Å². The van der Waals surface area contributed by atoms with E-state index in [4.69, 9.17) is 14.2 Å². The number of rotatable bonds is 56. The predicted octanol–water partition coefficient (Wildman–Crippen LogP) is 20.8. The molecular weight excluding hydrogens is 877 g/mol. The average Bonchev–Trinajstić information content (AvgIpc) is 3.37. The third-order valence-electron chi connectivity index (χ3n) is 13.5. The molecule has 71 heavy (non-hydrogen) atoms. The SMILES string of the molecule is CC/C=C\C/C=C\C/C=C\C/C=C\CCC(=O)OCC(COC(=O)CCCCCCCCCCCCCCCCCCCCCCCCCCC)OC(=O)CCCCCCC/C=C\CCCCCCCC. The van der Waals surface area contributed by atoms with Crippen LogP contribution in [-0.4, -0.2) is 37.2 Å². The summed E-state index contributed by atoms with van der Waals surface area (Å²) >= 11 is 0. The molecule has 6 nitrogen and oxygen atoms in total. The van der Waals surface area contributed by atoms with Crippen LogP contribution in [-0.2, 0) is 28.6 Å². The van der Waals surface area contributed by atoms with Crippen LogP contribution in [0.4, 0.5) is 0 Å². The molecule has 412 valence electrons. The topological polar surface area (TPSA) is 78.9 Å². The average molecular weight is 994 g/mol. The van der Waals surface area contributed by atoms with Gasteiger partial charge >= 0.3 is 17.9 Å². The number of hydrogen-bond donors (Lipinski definition) is 0. The summed E-state index contributed by atoms with van der Waals surface area (Å²) in [6, 6.07) is 0. The Morgan fingerprint density at radius 1 is 0.296 bits per heavy atom. The van der Waals surface area contributed by atoms with Crippen LogP contribution in [0.2, 0.25) is 0 Å². The van der Waals surface area contributed by atoms with Crippen molar-refractivity contribution in [1.82, 2.24) is 0 Å². The highest BCUT2D eigenvalue weighted by Gasteiger charge is 2.19. The lowest BCUT2D eigenvalue weighted by Gasteiger charge is -2.18. The van der Waals surface area contributed by atoms with E-state index in [-0.39, 0.29) is 37.5 Å². The Bertz CT molecular complexity index is 1280. The molecule has 0 bridgehead atoms. The largest absolute Gasteiger partial charge is 0.462 e. The molecule has 0 aliphatic heterocycles. The van der Waals surface area contributed by atoms with Gasteiger partial charge in [0.2, 0.25) is 0 Å². The molecule has 0 aromatic carbocycles. The lowest BCUT2D eigenvalue weighted by Crippen LogP contribution is -2.30. The first-order chi connectivity index (χ1) is 35.0. The van der Waals surface area contributed by atoms with Gasteiger partial charge in [0, 0.05) is 19.3 Å². The minimum atomic E-state index is -0.806. The summed E-state index contributed by atoms with van der Waals surface area (Å²) in [7, 11) is 0. The van der Waals surface area contributed by atoms with Gasteiger partial charge in [-0.1, -0.05) is 287 Å². The summed E-state index contributed by atoms with van der Waals surface area (Å²) in [6.07, 6.45) is 75.4. The van der Waals surface area contributed by atoms with Crippen LogP contribution in [0.25, 0.3) is 0 Å². The Hall–Kier alpha value is -2.89. The van der Waals surface area contributed by atoms with E-state index in [9.17, 15) is 14.4 Å². The second kappa shape index (κ2) is 59.7. The summed E-state index contributed by atoms with van der Waals surface area (Å²) in [6.45, 7) is 6.49. The number of allylic oxidation sites excluding steroid dienone is 10. The molecule has 0 saturated carbocycles. The van der Waals surface area contributed by atoms with Gasteiger partial charge in [0.25, 0.3) is 0 Å². The van der Waals surface area contributed by atoms with Crippen LogP contribution in [0.3, 0.4) is 0 Å². The maximum absolute atomic E-state index is 12.8. The van der Waals surface area contributed by atoms with Gasteiger partial charge in [-0.05, 0) is 70.6 Å². The summed E-state index contributed by atoms with van der Waals surface area (Å²) in [5, 5.41) is 0. The van der Waals surface area contributed by atoms with Crippen molar-refractivity contribution in [2.45, 2.75) is 322 Å². The molecule has 0 amide bonds. The van der Waals surface area contributed by atoms with Gasteiger partial charge in [-0.3, -0.25) is 14.4 Å². The molecule has 0 saturated heterocycles. The standard InChI is InChI=1S/C65H116O6/c1-4-7-10-13-16-19-22-25-27-28-29-30-31-32-33-34-35-36-38-40-43-46-49-52-55-58-64(67)70-61-62(60-69-63(66)57-54-51-48-45-42-39-24-21-18-15-12-9-6-3)71-65(68)59-56-53-50-47-44-41-37-26-23-20-17-14-11-8-5-2/h9,12,18,21,26,37,39,42,48,51,62H,4-8,10-11,13-17,19-20,22-25,27-36,38,40-41,43-47,49-50,52-61H2,1-3H3/b12-9-,21-18-,37-26-,42-39-,51-48-. The van der Waals surface area contributed by atoms with Crippen molar-refractivity contribution >= 4 is 17.9 Å². The van der Waals surface area contributed by atoms with E-state index >= 15 is 0 Å². The van der Waals surface area contributed by atoms with Gasteiger partial charge in [0.05, 0.1) is 0 Å². The summed E-state index contributed by atoms with van der Waals surface area (Å²) in [5.41, 5.74) is 0. The molecule has 0 aromatic rings. The van der Waals surface area contributed by atoms with Crippen molar-refractivity contribution in [2.24, 2.45) is 0 Å². The summed E-state index contributed by atoms with van der Waals surface area (Å²) in [5.74, 6) is -0.977. The molecule has 0 spiro atoms. The van der Waals surface area contributed by atoms with Crippen molar-refractivity contribution in [2.75, 3.05) is 13.2 Å². The molecule has 1 atom stereocenters. The van der Waals surface area contributed by atoms with Crippen LogP contribution >= 0.6 is 0 Å². The van der Waals surface area contributed by atoms with Crippen LogP contribution in [0.15, 0.2) is 60.8 Å². The van der Waals surface area contributed by atoms with E-state index < -0.39 is 6.10 Å². The predicted molar refractivity (Wildman–Crippen MR) is 307 cm³/mol. The van der Waals surface area contributed by atoms with Crippen LogP contribution in [0, 0.1) is 0 Å². The number of carbonyl (C=O) groups excluding carboxylic acids is 3. The molecule has 0 aromatic heterocycles. The quantitative estimate of drug-likeness (QED) is 0.0261. The molecule has 0 aliphatic carbocycles. The first kappa shape index (κ1) is 68.1. The molecule has 0 heterocycles. The Kier molecular flexibility index (Phi) is 57.2. The van der Waals surface area contributed by atoms with Crippen LogP contribution in [0.1, 0.15) is 316 Å². The minimum Gasteiger partial charge on any atom is -0.462 e. The Balaban J connectivity index is 4.28. The van der Waals surface area contributed by atoms with Crippen molar-refractivity contribution in [3.05, 3.63) is 60.8 Å². The zero-order valence-corrected chi connectivity index (χ0v) is 47.2. The third kappa shape index (κ3) is 57.9. The number of hydrogen-bond acceptors (Lipinski definition) is 6. The minimum absolute atomic E-state index is 0.0967. The summed E-state index contributed by atoms with van der Waals surface area (Å²) < 4.78 is 16.8. The molecule has 0 fully saturated rings. The fourth-order valence-electron chi connectivity index (χ4n) is 8.92. The molecule has 0 radical (unpaired) electrons. The van der Waals surface area contributed by atoms with E-state index in [2.05, 4.69) is 75.5 Å². The highest BCUT2D eigenvalue weighted by molar-refractivity contribution is 5.71. The lowest BCUT2D eigenvalue weighted by atomic mass is 10.0. The number of unbranched alkanes of at least 4 members (excludes halogenated alkanes) is 35. The number of esters is 3. The Morgan fingerprint density at radius 3 is 0.944 bits per heavy atom. The van der Waals surface area contributed by atoms with Crippen molar-refractivity contribution in [3.8, 4) is 0 Å². The van der Waals surface area contributed by atoms with E-state index in [1.54, 1.807) is 0 Å². The van der Waals surface area contributed by atoms with Gasteiger partial charge in [-0.2, -0.15) is 0 Å². The fraction of sp³-hybridized carbons (Fsp3) is 0.800. The summed E-state index contributed by atoms with van der Waals surface area (Å²) in [4.78, 5) is 38.1. The zero-order chi connectivity index (χ0) is 51.4. The lowest BCUT2D eigenvalue weighted by molar-refractivity contribution is -0.166. The van der Waals surface area contributed by atoms with Gasteiger partial charge in [0.15, 0.2) is 6.10 Å². The number of carbonyl (C=O) groups is 3. The fourth-order valence-corrected chi connectivity index (χ4v) is 8.92. The zero-order valence-electron chi connectivity index (χ0n) is 47.2. The van der Waals surface area contributed by atoms with Gasteiger partial charge in [0.1, 0.15) is 13.2 Å². The van der Waals surface area contributed by atoms with Crippen molar-refractivity contribution in [1.29, 1.82) is 0 Å². The van der Waals surface area contributed by atoms with Gasteiger partial charge in [-0.25, -0.2) is 0 Å². The Labute approximate surface area is 440 Å². The smallest absolute Gasteiger partial charge is 0.306 e. The molecule has 0 rings (SSSR count). The highest BCUT2D eigenvalue weighted by Crippen LogP contribution is 2.17. The second-order valence-corrected chi connectivity index (χ2v) is 20.6. The Morgan fingerprint density at radius 2 is 0.577 bits per heavy atom. The molecule has 6 heteroatoms. The van der Waals surface area contributed by atoms with Crippen LogP contribution in [0.5, 0.6) is 0 Å². The van der Waals surface area contributed by atoms with E-state index in [1.807, 2.05) is 6.08 Å². The number of ether oxygens (including phenoxy) is 3. The highest BCUT2D eigenvalue weighted by atomic mass is 16.6. The van der Waals surface area contributed by atoms with Crippen molar-refractivity contribution < 1.29 is 28.6 Å². The van der Waals surface area contributed by atoms with E-state index in [0.29, 0.717) is 19.3 Å². The first-order valence-corrected chi connectivity index (χ1v) is 30.8. The van der Waals surface area contributed by atoms with Crippen molar-refractivity contribution in [3.63, 3.8) is 0 Å². The van der Waals surface area contributed by atoms with Gasteiger partial charge in [-0.15, -0.1) is 0 Å². The maximum Gasteiger partial charge on any atom is 0.306 e. The normalized spacial score (nSPS) is 12.4. The van der Waals surface area contributed by atoms with E-state index in [1.165, 1.54) is 193 Å². The third-order valence-corrected chi connectivity index (χ3v) is 13.5. The molecule has 0 N–H and O–H groups in total. The monoisotopic (exact) mass is 993 g/mol. The van der Waals surface area contributed by atoms with Crippen LogP contribution < -0.4 is 0 Å². The molecule has 1 unspecified atom stereocenters. The first-order valence-electron chi connectivity index (χ1n) is 30.8. The second-order valence-electron chi connectivity index (χ2n) is 20.6. The molecular formula is C65H116O6. The van der Waals surface area contributed by atoms with Gasteiger partial charge < -0.3 is 14.2 Å². The maximum atomic E-state index is 12.8.